The first-order valence-electron chi connectivity index (χ1n) is 8.15. The lowest BCUT2D eigenvalue weighted by Gasteiger charge is -2.32. The van der Waals surface area contributed by atoms with Crippen LogP contribution in [0, 0.1) is 5.92 Å². The molecular weight excluding hydrogens is 262 g/mol. The summed E-state index contributed by atoms with van der Waals surface area (Å²) in [5, 5.41) is 14.6. The smallest absolute Gasteiger partial charge is 0.0635 e. The number of benzene rings is 1. The van der Waals surface area contributed by atoms with Crippen molar-refractivity contribution in [3.63, 3.8) is 0 Å². The lowest BCUT2D eigenvalue weighted by Crippen LogP contribution is -2.33. The minimum atomic E-state index is 0.659. The van der Waals surface area contributed by atoms with Crippen LogP contribution in [-0.4, -0.2) is 29.7 Å². The number of likely N-dealkylation sites (tertiary alicyclic amines) is 1. The monoisotopic (exact) mass is 289 g/mol. The SMILES string of the molecule is ON=NCCCCCC1CCN(Cc2ccccc2)CC1. The Kier molecular flexibility index (Phi) is 7.22. The molecule has 0 aliphatic carbocycles. The summed E-state index contributed by atoms with van der Waals surface area (Å²) in [6, 6.07) is 10.8. The number of hydrogen-bond donors (Lipinski definition) is 1. The second-order valence-electron chi connectivity index (χ2n) is 6.01. The normalized spacial score (nSPS) is 17.5. The van der Waals surface area contributed by atoms with Crippen molar-refractivity contribution in [1.82, 2.24) is 4.90 Å². The van der Waals surface area contributed by atoms with Crippen LogP contribution < -0.4 is 0 Å². The third-order valence-electron chi connectivity index (χ3n) is 4.39. The average molecular weight is 289 g/mol. The molecule has 0 aromatic heterocycles. The second kappa shape index (κ2) is 9.50. The molecule has 0 saturated carbocycles. The Morgan fingerprint density at radius 2 is 1.81 bits per heavy atom. The van der Waals surface area contributed by atoms with Crippen molar-refractivity contribution in [3.8, 4) is 0 Å². The Balaban J connectivity index is 1.56. The summed E-state index contributed by atoms with van der Waals surface area (Å²) in [5.41, 5.74) is 1.42. The molecule has 1 aliphatic rings. The molecule has 0 spiro atoms. The molecule has 1 aromatic rings. The molecule has 4 heteroatoms. The summed E-state index contributed by atoms with van der Waals surface area (Å²) in [4.78, 5) is 2.58. The minimum Gasteiger partial charge on any atom is -0.395 e. The van der Waals surface area contributed by atoms with Gasteiger partial charge in [-0.15, -0.1) is 0 Å². The van der Waals surface area contributed by atoms with E-state index < -0.39 is 0 Å². The van der Waals surface area contributed by atoms with Gasteiger partial charge in [0, 0.05) is 11.8 Å². The van der Waals surface area contributed by atoms with Crippen molar-refractivity contribution in [2.45, 2.75) is 45.1 Å². The first kappa shape index (κ1) is 16.0. The largest absolute Gasteiger partial charge is 0.395 e. The van der Waals surface area contributed by atoms with Gasteiger partial charge in [-0.05, 0) is 43.8 Å². The van der Waals surface area contributed by atoms with E-state index in [1.165, 1.54) is 50.8 Å². The maximum Gasteiger partial charge on any atom is 0.0635 e. The van der Waals surface area contributed by atoms with Gasteiger partial charge in [-0.2, -0.15) is 5.11 Å². The third kappa shape index (κ3) is 6.25. The third-order valence-corrected chi connectivity index (χ3v) is 4.39. The van der Waals surface area contributed by atoms with Crippen LogP contribution in [0.2, 0.25) is 0 Å². The zero-order chi connectivity index (χ0) is 14.8. The Hall–Kier alpha value is -1.42. The Morgan fingerprint density at radius 1 is 1.05 bits per heavy atom. The van der Waals surface area contributed by atoms with E-state index in [0.29, 0.717) is 6.54 Å². The first-order chi connectivity index (χ1) is 10.4. The molecule has 1 heterocycles. The summed E-state index contributed by atoms with van der Waals surface area (Å²) in [6.45, 7) is 4.22. The van der Waals surface area contributed by atoms with Gasteiger partial charge in [-0.1, -0.05) is 49.6 Å². The van der Waals surface area contributed by atoms with E-state index >= 15 is 0 Å². The number of nitrogens with zero attached hydrogens (tertiary/aromatic N) is 3. The van der Waals surface area contributed by atoms with E-state index in [2.05, 4.69) is 45.6 Å². The van der Waals surface area contributed by atoms with E-state index in [-0.39, 0.29) is 0 Å². The van der Waals surface area contributed by atoms with Gasteiger partial charge in [-0.25, -0.2) is 0 Å². The van der Waals surface area contributed by atoms with Crippen LogP contribution in [0.15, 0.2) is 40.7 Å². The van der Waals surface area contributed by atoms with E-state index in [9.17, 15) is 0 Å². The Labute approximate surface area is 127 Å². The molecule has 0 bridgehead atoms. The summed E-state index contributed by atoms with van der Waals surface area (Å²) in [5.74, 6) is 0.900. The summed E-state index contributed by atoms with van der Waals surface area (Å²) in [7, 11) is 0. The van der Waals surface area contributed by atoms with Crippen molar-refractivity contribution in [1.29, 1.82) is 0 Å². The number of rotatable bonds is 8. The molecule has 21 heavy (non-hydrogen) atoms. The van der Waals surface area contributed by atoms with Crippen molar-refractivity contribution >= 4 is 0 Å². The Morgan fingerprint density at radius 3 is 2.52 bits per heavy atom. The standard InChI is InChI=1S/C17H27N3O/c21-19-18-12-6-2-5-7-16-10-13-20(14-11-16)15-17-8-3-1-4-9-17/h1,3-4,8-9,16H,2,5-7,10-15H2,(H,18,21). The van der Waals surface area contributed by atoms with E-state index in [0.717, 1.165) is 18.9 Å². The van der Waals surface area contributed by atoms with Gasteiger partial charge < -0.3 is 5.21 Å². The van der Waals surface area contributed by atoms with Crippen LogP contribution in [0.3, 0.4) is 0 Å². The second-order valence-corrected chi connectivity index (χ2v) is 6.01. The lowest BCUT2D eigenvalue weighted by atomic mass is 9.91. The van der Waals surface area contributed by atoms with Gasteiger partial charge in [0.25, 0.3) is 0 Å². The van der Waals surface area contributed by atoms with Crippen LogP contribution in [0.5, 0.6) is 0 Å². The Bertz CT molecular complexity index is 400. The molecule has 1 N–H and O–H groups in total. The zero-order valence-electron chi connectivity index (χ0n) is 12.8. The molecule has 1 aromatic carbocycles. The highest BCUT2D eigenvalue weighted by atomic mass is 16.5. The molecule has 1 aliphatic heterocycles. The van der Waals surface area contributed by atoms with Gasteiger partial charge >= 0.3 is 0 Å². The van der Waals surface area contributed by atoms with Gasteiger partial charge in [0.05, 0.1) is 6.54 Å². The van der Waals surface area contributed by atoms with E-state index in [1.54, 1.807) is 0 Å². The van der Waals surface area contributed by atoms with Crippen molar-refractivity contribution in [2.75, 3.05) is 19.6 Å². The van der Waals surface area contributed by atoms with E-state index in [4.69, 9.17) is 5.21 Å². The highest BCUT2D eigenvalue weighted by molar-refractivity contribution is 5.14. The minimum absolute atomic E-state index is 0.659. The van der Waals surface area contributed by atoms with E-state index in [1.807, 2.05) is 0 Å². The van der Waals surface area contributed by atoms with Gasteiger partial charge in [0.15, 0.2) is 0 Å². The molecular formula is C17H27N3O. The first-order valence-corrected chi connectivity index (χ1v) is 8.15. The molecule has 1 saturated heterocycles. The molecule has 4 nitrogen and oxygen atoms in total. The van der Waals surface area contributed by atoms with Gasteiger partial charge in [-0.3, -0.25) is 4.90 Å². The fourth-order valence-electron chi connectivity index (χ4n) is 3.11. The summed E-state index contributed by atoms with van der Waals surface area (Å²) >= 11 is 0. The predicted molar refractivity (Wildman–Crippen MR) is 84.4 cm³/mol. The highest BCUT2D eigenvalue weighted by Gasteiger charge is 2.18. The molecule has 0 radical (unpaired) electrons. The van der Waals surface area contributed by atoms with Crippen LogP contribution >= 0.6 is 0 Å². The van der Waals surface area contributed by atoms with Crippen molar-refractivity contribution in [2.24, 2.45) is 16.3 Å². The molecule has 0 atom stereocenters. The topological polar surface area (TPSA) is 48.2 Å². The number of piperidine rings is 1. The quantitative estimate of drug-likeness (QED) is 0.440. The van der Waals surface area contributed by atoms with Crippen LogP contribution in [0.1, 0.15) is 44.1 Å². The predicted octanol–water partition coefficient (Wildman–Crippen LogP) is 4.30. The molecule has 1 fully saturated rings. The van der Waals surface area contributed by atoms with Crippen LogP contribution in [0.25, 0.3) is 0 Å². The average Bonchev–Trinajstić information content (AvgIpc) is 2.53. The lowest BCUT2D eigenvalue weighted by molar-refractivity contribution is 0.170. The highest BCUT2D eigenvalue weighted by Crippen LogP contribution is 2.23. The summed E-state index contributed by atoms with van der Waals surface area (Å²) < 4.78 is 0. The number of unbranched alkanes of at least 4 members (excludes halogenated alkanes) is 2. The fraction of sp³-hybridized carbons (Fsp3) is 0.647. The molecule has 2 rings (SSSR count). The van der Waals surface area contributed by atoms with Gasteiger partial charge in [0.2, 0.25) is 0 Å². The summed E-state index contributed by atoms with van der Waals surface area (Å²) in [6.07, 6.45) is 7.53. The van der Waals surface area contributed by atoms with Crippen molar-refractivity contribution in [3.05, 3.63) is 35.9 Å². The maximum atomic E-state index is 8.21. The molecule has 0 amide bonds. The maximum absolute atomic E-state index is 8.21. The zero-order valence-corrected chi connectivity index (χ0v) is 12.8. The molecule has 116 valence electrons. The fourth-order valence-corrected chi connectivity index (χ4v) is 3.11. The van der Waals surface area contributed by atoms with Crippen molar-refractivity contribution < 1.29 is 5.21 Å². The van der Waals surface area contributed by atoms with Crippen LogP contribution in [-0.2, 0) is 6.54 Å². The van der Waals surface area contributed by atoms with Gasteiger partial charge in [0.1, 0.15) is 0 Å². The van der Waals surface area contributed by atoms with Crippen LogP contribution in [0.4, 0.5) is 0 Å². The number of hydrogen-bond acceptors (Lipinski definition) is 3. The molecule has 0 unspecified atom stereocenters.